The van der Waals surface area contributed by atoms with Gasteiger partial charge in [0, 0.05) is 6.07 Å². The highest BCUT2D eigenvalue weighted by atomic mass is 32.1. The predicted octanol–water partition coefficient (Wildman–Crippen LogP) is 2.34. The molecule has 192 valence electrons. The van der Waals surface area contributed by atoms with Crippen LogP contribution in [0.1, 0.15) is 24.1 Å². The fraction of sp³-hybridized carbons (Fsp3) is 0.240. The molecule has 1 aliphatic heterocycles. The second-order valence-corrected chi connectivity index (χ2v) is 8.86. The molecule has 0 bridgehead atoms. The lowest BCUT2D eigenvalue weighted by atomic mass is 9.94. The Bertz CT molecular complexity index is 1590. The first-order valence-corrected chi connectivity index (χ1v) is 11.7. The van der Waals surface area contributed by atoms with E-state index < -0.39 is 22.5 Å². The van der Waals surface area contributed by atoms with Gasteiger partial charge < -0.3 is 18.9 Å². The molecule has 1 aromatic heterocycles. The molecule has 1 unspecified atom stereocenters. The van der Waals surface area contributed by atoms with E-state index in [1.165, 1.54) is 51.2 Å². The standard InChI is InChI=1S/C25H23N3O8S/c1-13-20(24(30)36-5)21(15-8-6-7-9-16(15)28(31)32)27-23(29)19(37-25(27)26-13)12-14-10-17(33-2)22(35-4)18(11-14)34-3/h6-12,21H,1-5H3. The van der Waals surface area contributed by atoms with Crippen LogP contribution in [0.15, 0.2) is 57.5 Å². The molecule has 0 spiro atoms. The number of nitro groups is 1. The molecular weight excluding hydrogens is 502 g/mol. The molecule has 0 aliphatic carbocycles. The van der Waals surface area contributed by atoms with Crippen molar-refractivity contribution in [2.75, 3.05) is 28.4 Å². The lowest BCUT2D eigenvalue weighted by Crippen LogP contribution is -2.40. The van der Waals surface area contributed by atoms with Crippen LogP contribution in [0.3, 0.4) is 0 Å². The fourth-order valence-electron chi connectivity index (χ4n) is 4.21. The molecule has 11 nitrogen and oxygen atoms in total. The Balaban J connectivity index is 2.01. The number of allylic oxidation sites excluding steroid dienone is 1. The number of rotatable bonds is 7. The average Bonchev–Trinajstić information content (AvgIpc) is 3.20. The van der Waals surface area contributed by atoms with Crippen molar-refractivity contribution in [2.24, 2.45) is 4.99 Å². The smallest absolute Gasteiger partial charge is 0.338 e. The second-order valence-electron chi connectivity index (χ2n) is 7.85. The molecular formula is C25H23N3O8S. The number of hydrogen-bond acceptors (Lipinski definition) is 10. The van der Waals surface area contributed by atoms with Crippen LogP contribution in [-0.4, -0.2) is 43.9 Å². The first-order valence-electron chi connectivity index (χ1n) is 10.9. The Labute approximate surface area is 214 Å². The number of thiazole rings is 1. The van der Waals surface area contributed by atoms with Gasteiger partial charge in [0.05, 0.1) is 54.7 Å². The second kappa shape index (κ2) is 10.3. The van der Waals surface area contributed by atoms with E-state index >= 15 is 0 Å². The summed E-state index contributed by atoms with van der Waals surface area (Å²) in [5.74, 6) is 0.478. The number of para-hydroxylation sites is 1. The van der Waals surface area contributed by atoms with Gasteiger partial charge in [0.1, 0.15) is 6.04 Å². The monoisotopic (exact) mass is 525 g/mol. The van der Waals surface area contributed by atoms with E-state index in [4.69, 9.17) is 18.9 Å². The van der Waals surface area contributed by atoms with Crippen LogP contribution in [0, 0.1) is 10.1 Å². The largest absolute Gasteiger partial charge is 0.493 e. The average molecular weight is 526 g/mol. The number of carbonyl (C=O) groups excluding carboxylic acids is 1. The number of carbonyl (C=O) groups is 1. The summed E-state index contributed by atoms with van der Waals surface area (Å²) in [6, 6.07) is 8.23. The number of benzene rings is 2. The Hall–Kier alpha value is -4.45. The van der Waals surface area contributed by atoms with Gasteiger partial charge in [-0.15, -0.1) is 0 Å². The summed E-state index contributed by atoms with van der Waals surface area (Å²) in [5.41, 5.74) is 0.394. The summed E-state index contributed by atoms with van der Waals surface area (Å²) >= 11 is 1.09. The molecule has 0 N–H and O–H groups in total. The molecule has 3 aromatic rings. The Morgan fingerprint density at radius 1 is 1.11 bits per heavy atom. The third-order valence-corrected chi connectivity index (χ3v) is 6.82. The molecule has 0 fully saturated rings. The van der Waals surface area contributed by atoms with Crippen LogP contribution in [0.4, 0.5) is 5.69 Å². The first-order chi connectivity index (χ1) is 17.7. The van der Waals surface area contributed by atoms with Crippen molar-refractivity contribution in [1.82, 2.24) is 4.57 Å². The van der Waals surface area contributed by atoms with E-state index in [0.717, 1.165) is 11.3 Å². The number of nitro benzene ring substituents is 1. The van der Waals surface area contributed by atoms with Crippen LogP contribution in [0.5, 0.6) is 17.2 Å². The zero-order valence-electron chi connectivity index (χ0n) is 20.6. The molecule has 0 saturated carbocycles. The van der Waals surface area contributed by atoms with Gasteiger partial charge in [-0.25, -0.2) is 9.79 Å². The summed E-state index contributed by atoms with van der Waals surface area (Å²) in [4.78, 5) is 42.6. The minimum atomic E-state index is -1.10. The van der Waals surface area contributed by atoms with Crippen LogP contribution >= 0.6 is 11.3 Å². The maximum atomic E-state index is 13.7. The Morgan fingerprint density at radius 2 is 1.76 bits per heavy atom. The molecule has 0 saturated heterocycles. The Morgan fingerprint density at radius 3 is 2.32 bits per heavy atom. The minimum absolute atomic E-state index is 0.0449. The van der Waals surface area contributed by atoms with Crippen molar-refractivity contribution >= 4 is 29.1 Å². The van der Waals surface area contributed by atoms with Crippen LogP contribution in [-0.2, 0) is 9.53 Å². The molecule has 12 heteroatoms. The van der Waals surface area contributed by atoms with Crippen molar-refractivity contribution in [3.05, 3.63) is 88.6 Å². The van der Waals surface area contributed by atoms with E-state index in [1.54, 1.807) is 31.2 Å². The van der Waals surface area contributed by atoms with Gasteiger partial charge in [-0.1, -0.05) is 23.5 Å². The van der Waals surface area contributed by atoms with Crippen molar-refractivity contribution in [2.45, 2.75) is 13.0 Å². The van der Waals surface area contributed by atoms with Crippen molar-refractivity contribution in [3.63, 3.8) is 0 Å². The van der Waals surface area contributed by atoms with Crippen molar-refractivity contribution < 1.29 is 28.7 Å². The predicted molar refractivity (Wildman–Crippen MR) is 135 cm³/mol. The minimum Gasteiger partial charge on any atom is -0.493 e. The summed E-state index contributed by atoms with van der Waals surface area (Å²) in [6.45, 7) is 1.60. The van der Waals surface area contributed by atoms with Crippen LogP contribution in [0.2, 0.25) is 0 Å². The van der Waals surface area contributed by atoms with Crippen molar-refractivity contribution in [1.29, 1.82) is 0 Å². The maximum Gasteiger partial charge on any atom is 0.338 e. The highest BCUT2D eigenvalue weighted by Gasteiger charge is 2.36. The highest BCUT2D eigenvalue weighted by Crippen LogP contribution is 2.38. The van der Waals surface area contributed by atoms with E-state index in [-0.39, 0.29) is 26.2 Å². The fourth-order valence-corrected chi connectivity index (χ4v) is 5.25. The summed E-state index contributed by atoms with van der Waals surface area (Å²) in [7, 11) is 5.66. The summed E-state index contributed by atoms with van der Waals surface area (Å²) in [5, 5.41) is 11.8. The third-order valence-electron chi connectivity index (χ3n) is 5.84. The van der Waals surface area contributed by atoms with Gasteiger partial charge in [0.15, 0.2) is 16.3 Å². The summed E-state index contributed by atoms with van der Waals surface area (Å²) < 4.78 is 22.7. The summed E-state index contributed by atoms with van der Waals surface area (Å²) in [6.07, 6.45) is 1.63. The van der Waals surface area contributed by atoms with Gasteiger partial charge in [-0.05, 0) is 36.8 Å². The lowest BCUT2D eigenvalue weighted by molar-refractivity contribution is -0.385. The van der Waals surface area contributed by atoms with Gasteiger partial charge in [0.25, 0.3) is 11.2 Å². The van der Waals surface area contributed by atoms with Gasteiger partial charge in [-0.2, -0.15) is 0 Å². The van der Waals surface area contributed by atoms with E-state index in [2.05, 4.69) is 4.99 Å². The van der Waals surface area contributed by atoms with E-state index in [0.29, 0.717) is 28.5 Å². The quantitative estimate of drug-likeness (QED) is 0.261. The van der Waals surface area contributed by atoms with Crippen LogP contribution in [0.25, 0.3) is 6.08 Å². The number of methoxy groups -OCH3 is 4. The number of nitrogens with zero attached hydrogens (tertiary/aromatic N) is 3. The number of fused-ring (bicyclic) bond motifs is 1. The molecule has 0 radical (unpaired) electrons. The SMILES string of the molecule is COC(=O)C1=C(C)N=c2sc(=Cc3cc(OC)c(OC)c(OC)c3)c(=O)n2C1c1ccccc1[N+](=O)[O-]. The lowest BCUT2D eigenvalue weighted by Gasteiger charge is -2.24. The van der Waals surface area contributed by atoms with E-state index in [9.17, 15) is 19.7 Å². The molecule has 2 heterocycles. The normalized spacial score (nSPS) is 15.1. The number of hydrogen-bond donors (Lipinski definition) is 0. The van der Waals surface area contributed by atoms with Crippen molar-refractivity contribution in [3.8, 4) is 17.2 Å². The first kappa shape index (κ1) is 25.6. The van der Waals surface area contributed by atoms with Crippen LogP contribution < -0.4 is 29.1 Å². The van der Waals surface area contributed by atoms with Gasteiger partial charge >= 0.3 is 5.97 Å². The Kier molecular flexibility index (Phi) is 7.11. The molecule has 0 amide bonds. The zero-order valence-corrected chi connectivity index (χ0v) is 21.5. The maximum absolute atomic E-state index is 13.7. The molecule has 4 rings (SSSR count). The topological polar surface area (TPSA) is 131 Å². The molecule has 2 aromatic carbocycles. The number of esters is 1. The number of aromatic nitrogens is 1. The van der Waals surface area contributed by atoms with E-state index in [1.807, 2.05) is 0 Å². The van der Waals surface area contributed by atoms with Gasteiger partial charge in [-0.3, -0.25) is 19.5 Å². The highest BCUT2D eigenvalue weighted by molar-refractivity contribution is 7.07. The third kappa shape index (κ3) is 4.47. The zero-order chi connectivity index (χ0) is 26.9. The molecule has 37 heavy (non-hydrogen) atoms. The molecule has 1 atom stereocenters. The van der Waals surface area contributed by atoms with Gasteiger partial charge in [0.2, 0.25) is 5.75 Å². The number of ether oxygens (including phenoxy) is 4. The molecule has 1 aliphatic rings.